The lowest BCUT2D eigenvalue weighted by Gasteiger charge is -2.14. The molecule has 274 valence electrons. The molecule has 2 aromatic heterocycles. The van der Waals surface area contributed by atoms with Gasteiger partial charge in [0.25, 0.3) is 0 Å². The number of aromatic nitrogens is 3. The molecule has 2 heterocycles. The number of hydrogen-bond acceptors (Lipinski definition) is 4. The van der Waals surface area contributed by atoms with Crippen molar-refractivity contribution in [2.45, 2.75) is 0 Å². The highest BCUT2D eigenvalue weighted by molar-refractivity contribution is 6.23. The Labute approximate surface area is 339 Å². The van der Waals surface area contributed by atoms with Crippen molar-refractivity contribution in [1.29, 1.82) is 0 Å². The molecule has 0 N–H and O–H groups in total. The first-order valence-corrected chi connectivity index (χ1v) is 19.9. The van der Waals surface area contributed by atoms with Gasteiger partial charge >= 0.3 is 0 Å². The molecule has 0 saturated heterocycles. The van der Waals surface area contributed by atoms with Gasteiger partial charge in [-0.25, -0.2) is 15.0 Å². The van der Waals surface area contributed by atoms with Gasteiger partial charge in [-0.15, -0.1) is 0 Å². The molecular formula is C55H33N3O. The normalized spacial score (nSPS) is 11.7. The van der Waals surface area contributed by atoms with Crippen molar-refractivity contribution in [2.24, 2.45) is 0 Å². The molecule has 0 aliphatic heterocycles. The summed E-state index contributed by atoms with van der Waals surface area (Å²) in [6, 6.07) is 70.6. The molecule has 0 radical (unpaired) electrons. The fourth-order valence-corrected chi connectivity index (χ4v) is 8.92. The number of fused-ring (bicyclic) bond motifs is 9. The second kappa shape index (κ2) is 13.3. The summed E-state index contributed by atoms with van der Waals surface area (Å²) in [4.78, 5) is 15.3. The Morgan fingerprint density at radius 1 is 0.271 bits per heavy atom. The zero-order chi connectivity index (χ0) is 38.9. The van der Waals surface area contributed by atoms with Crippen LogP contribution in [-0.2, 0) is 0 Å². The minimum atomic E-state index is 0.625. The molecule has 4 nitrogen and oxygen atoms in total. The molecule has 0 bridgehead atoms. The average molecular weight is 752 g/mol. The molecule has 0 amide bonds. The zero-order valence-corrected chi connectivity index (χ0v) is 31.8. The van der Waals surface area contributed by atoms with Gasteiger partial charge in [0, 0.05) is 27.5 Å². The highest BCUT2D eigenvalue weighted by atomic mass is 16.3. The number of hydrogen-bond donors (Lipinski definition) is 0. The van der Waals surface area contributed by atoms with Crippen LogP contribution in [0.4, 0.5) is 0 Å². The second-order valence-electron chi connectivity index (χ2n) is 15.1. The standard InChI is InChI=1S/C55H33N3O/c1-2-13-36(14-3-1)53-56-54(37-26-24-35(25-27-37)48-33-39-15-5-6-17-41(39)46-31-28-34-12-4-7-18-43(34)51(46)48)58-55(57-53)40-29-30-42-38(32-40)16-10-20-44(42)45-21-11-23-50-52(45)47-19-8-9-22-49(47)59-50/h1-33H. The molecule has 0 aliphatic carbocycles. The maximum Gasteiger partial charge on any atom is 0.164 e. The summed E-state index contributed by atoms with van der Waals surface area (Å²) in [6.45, 7) is 0. The van der Waals surface area contributed by atoms with E-state index in [0.29, 0.717) is 17.5 Å². The molecule has 4 heteroatoms. The molecule has 0 fully saturated rings. The molecule has 0 spiro atoms. The SMILES string of the molecule is c1ccc(-c2nc(-c3ccc(-c4cc5ccccc5c5ccc6ccccc6c45)cc3)nc(-c3ccc4c(-c5cccc6oc7ccccc7c56)cccc4c3)n2)cc1. The van der Waals surface area contributed by atoms with Crippen molar-refractivity contribution in [3.05, 3.63) is 200 Å². The van der Waals surface area contributed by atoms with Crippen LogP contribution in [0.1, 0.15) is 0 Å². The maximum absolute atomic E-state index is 6.25. The topological polar surface area (TPSA) is 51.8 Å². The highest BCUT2D eigenvalue weighted by Crippen LogP contribution is 2.42. The average Bonchev–Trinajstić information content (AvgIpc) is 3.70. The van der Waals surface area contributed by atoms with Crippen LogP contribution >= 0.6 is 0 Å². The lowest BCUT2D eigenvalue weighted by molar-refractivity contribution is 0.669. The fourth-order valence-electron chi connectivity index (χ4n) is 8.92. The van der Waals surface area contributed by atoms with E-state index < -0.39 is 0 Å². The van der Waals surface area contributed by atoms with Crippen LogP contribution in [0.3, 0.4) is 0 Å². The molecule has 0 saturated carbocycles. The quantitative estimate of drug-likeness (QED) is 0.164. The Morgan fingerprint density at radius 2 is 0.831 bits per heavy atom. The van der Waals surface area contributed by atoms with Crippen molar-refractivity contribution in [3.63, 3.8) is 0 Å². The first-order valence-electron chi connectivity index (χ1n) is 19.9. The molecule has 59 heavy (non-hydrogen) atoms. The predicted octanol–water partition coefficient (Wildman–Crippen LogP) is 14.7. The third kappa shape index (κ3) is 5.49. The van der Waals surface area contributed by atoms with Crippen LogP contribution in [0.25, 0.3) is 121 Å². The van der Waals surface area contributed by atoms with E-state index in [4.69, 9.17) is 19.4 Å². The minimum Gasteiger partial charge on any atom is -0.456 e. The predicted molar refractivity (Wildman–Crippen MR) is 244 cm³/mol. The Morgan fingerprint density at radius 3 is 1.66 bits per heavy atom. The van der Waals surface area contributed by atoms with Crippen molar-refractivity contribution in [3.8, 4) is 56.4 Å². The van der Waals surface area contributed by atoms with E-state index in [1.807, 2.05) is 48.5 Å². The Balaban J connectivity index is 0.985. The monoisotopic (exact) mass is 751 g/mol. The van der Waals surface area contributed by atoms with Crippen LogP contribution in [0, 0.1) is 0 Å². The van der Waals surface area contributed by atoms with Gasteiger partial charge in [-0.05, 0) is 89.6 Å². The Kier molecular flexibility index (Phi) is 7.50. The van der Waals surface area contributed by atoms with Crippen LogP contribution in [0.15, 0.2) is 205 Å². The van der Waals surface area contributed by atoms with E-state index in [9.17, 15) is 0 Å². The maximum atomic E-state index is 6.25. The third-order valence-electron chi connectivity index (χ3n) is 11.7. The Bertz CT molecular complexity index is 3610. The second-order valence-corrected chi connectivity index (χ2v) is 15.1. The van der Waals surface area contributed by atoms with Crippen LogP contribution in [0.2, 0.25) is 0 Å². The van der Waals surface area contributed by atoms with E-state index in [1.54, 1.807) is 0 Å². The first-order chi connectivity index (χ1) is 29.2. The van der Waals surface area contributed by atoms with Crippen molar-refractivity contribution < 1.29 is 4.42 Å². The zero-order valence-electron chi connectivity index (χ0n) is 31.8. The van der Waals surface area contributed by atoms with Gasteiger partial charge in [-0.3, -0.25) is 0 Å². The minimum absolute atomic E-state index is 0.625. The molecule has 12 rings (SSSR count). The summed E-state index contributed by atoms with van der Waals surface area (Å²) in [5.74, 6) is 1.88. The molecule has 12 aromatic rings. The first kappa shape index (κ1) is 33.2. The summed E-state index contributed by atoms with van der Waals surface area (Å²) >= 11 is 0. The number of benzene rings is 10. The summed E-state index contributed by atoms with van der Waals surface area (Å²) in [7, 11) is 0. The van der Waals surface area contributed by atoms with Gasteiger partial charge < -0.3 is 4.42 Å². The van der Waals surface area contributed by atoms with Gasteiger partial charge in [-0.2, -0.15) is 0 Å². The molecular weight excluding hydrogens is 719 g/mol. The van der Waals surface area contributed by atoms with E-state index in [0.717, 1.165) is 66.1 Å². The van der Waals surface area contributed by atoms with E-state index in [2.05, 4.69) is 152 Å². The lowest BCUT2D eigenvalue weighted by Crippen LogP contribution is -2.00. The smallest absolute Gasteiger partial charge is 0.164 e. The number of rotatable bonds is 5. The summed E-state index contributed by atoms with van der Waals surface area (Å²) in [6.07, 6.45) is 0. The molecule has 0 unspecified atom stereocenters. The van der Waals surface area contributed by atoms with Crippen LogP contribution in [-0.4, -0.2) is 15.0 Å². The van der Waals surface area contributed by atoms with E-state index in [1.165, 1.54) is 37.9 Å². The van der Waals surface area contributed by atoms with Gasteiger partial charge in [0.1, 0.15) is 11.2 Å². The molecule has 0 aliphatic rings. The van der Waals surface area contributed by atoms with E-state index >= 15 is 0 Å². The summed E-state index contributed by atoms with van der Waals surface area (Å²) in [5, 5.41) is 12.0. The van der Waals surface area contributed by atoms with Crippen molar-refractivity contribution in [2.75, 3.05) is 0 Å². The van der Waals surface area contributed by atoms with Crippen molar-refractivity contribution >= 4 is 65.0 Å². The van der Waals surface area contributed by atoms with Gasteiger partial charge in [0.2, 0.25) is 0 Å². The van der Waals surface area contributed by atoms with Gasteiger partial charge in [0.15, 0.2) is 17.5 Å². The molecule has 10 aromatic carbocycles. The van der Waals surface area contributed by atoms with E-state index in [-0.39, 0.29) is 0 Å². The van der Waals surface area contributed by atoms with Crippen molar-refractivity contribution in [1.82, 2.24) is 15.0 Å². The highest BCUT2D eigenvalue weighted by Gasteiger charge is 2.17. The fraction of sp³-hybridized carbons (Fsp3) is 0. The summed E-state index contributed by atoms with van der Waals surface area (Å²) < 4.78 is 6.25. The van der Waals surface area contributed by atoms with Crippen LogP contribution < -0.4 is 0 Å². The van der Waals surface area contributed by atoms with Crippen LogP contribution in [0.5, 0.6) is 0 Å². The summed E-state index contributed by atoms with van der Waals surface area (Å²) in [5.41, 5.74) is 9.21. The van der Waals surface area contributed by atoms with Gasteiger partial charge in [-0.1, -0.05) is 176 Å². The lowest BCUT2D eigenvalue weighted by atomic mass is 9.90. The van der Waals surface area contributed by atoms with Gasteiger partial charge in [0.05, 0.1) is 0 Å². The third-order valence-corrected chi connectivity index (χ3v) is 11.7. The molecule has 0 atom stereocenters. The number of nitrogens with zero attached hydrogens (tertiary/aromatic N) is 3. The Hall–Kier alpha value is -7.95. The number of furan rings is 1. The number of para-hydroxylation sites is 1. The largest absolute Gasteiger partial charge is 0.456 e.